The number of ketones is 1. The fourth-order valence-electron chi connectivity index (χ4n) is 4.88. The summed E-state index contributed by atoms with van der Waals surface area (Å²) in [6, 6.07) is 31.9. The predicted molar refractivity (Wildman–Crippen MR) is 153 cm³/mol. The van der Waals surface area contributed by atoms with Crippen molar-refractivity contribution in [2.24, 2.45) is 0 Å². The molecule has 9 nitrogen and oxygen atoms in total. The molecule has 4 aromatic carbocycles. The highest BCUT2D eigenvalue weighted by Crippen LogP contribution is 2.45. The largest absolute Gasteiger partial charge is 0.458 e. The van der Waals surface area contributed by atoms with Gasteiger partial charge in [-0.1, -0.05) is 84.9 Å². The van der Waals surface area contributed by atoms with Crippen LogP contribution in [0.1, 0.15) is 48.4 Å². The zero-order chi connectivity index (χ0) is 30.5. The van der Waals surface area contributed by atoms with E-state index in [0.717, 1.165) is 0 Å². The molecule has 1 aliphatic heterocycles. The Hall–Kier alpha value is -5.12. The summed E-state index contributed by atoms with van der Waals surface area (Å²) >= 11 is 0. The summed E-state index contributed by atoms with van der Waals surface area (Å²) in [4.78, 5) is 54.0. The highest BCUT2D eigenvalue weighted by Gasteiger charge is 2.70. The standard InChI is InChI=1S/C34H28O9/c1-33(42-30(38)26-20-12-5-13-21-26)31(41-29(37)25-18-10-4-11-19-25)34(43-32(33)39,27(35)23-14-6-2-7-15-23)22-40-28(36)24-16-8-3-9-17-24/h2-21,31-32,39H,22H2,1H3/t31-,32-,33+,34-/m0/s1. The molecule has 218 valence electrons. The minimum absolute atomic E-state index is 0.116. The Balaban J connectivity index is 1.60. The molecule has 1 saturated heterocycles. The fraction of sp³-hybridized carbons (Fsp3) is 0.176. The second-order valence-corrected chi connectivity index (χ2v) is 10.1. The van der Waals surface area contributed by atoms with Crippen molar-refractivity contribution >= 4 is 23.7 Å². The van der Waals surface area contributed by atoms with Gasteiger partial charge in [0.1, 0.15) is 6.61 Å². The van der Waals surface area contributed by atoms with Crippen LogP contribution in [0.25, 0.3) is 0 Å². The molecule has 0 spiro atoms. The Kier molecular flexibility index (Phi) is 8.47. The Morgan fingerprint density at radius 1 is 0.651 bits per heavy atom. The van der Waals surface area contributed by atoms with Gasteiger partial charge in [-0.2, -0.15) is 0 Å². The third-order valence-corrected chi connectivity index (χ3v) is 7.16. The highest BCUT2D eigenvalue weighted by atomic mass is 16.7. The summed E-state index contributed by atoms with van der Waals surface area (Å²) in [5, 5.41) is 11.3. The second kappa shape index (κ2) is 12.4. The Labute approximate surface area is 247 Å². The number of carbonyl (C=O) groups is 4. The number of rotatable bonds is 9. The predicted octanol–water partition coefficient (Wildman–Crippen LogP) is 4.66. The fourth-order valence-corrected chi connectivity index (χ4v) is 4.88. The third-order valence-electron chi connectivity index (χ3n) is 7.16. The molecular formula is C34H28O9. The van der Waals surface area contributed by atoms with Gasteiger partial charge in [0.25, 0.3) is 0 Å². The Morgan fingerprint density at radius 3 is 1.56 bits per heavy atom. The lowest BCUT2D eigenvalue weighted by molar-refractivity contribution is -0.181. The van der Waals surface area contributed by atoms with Crippen molar-refractivity contribution < 1.29 is 43.2 Å². The molecule has 0 saturated carbocycles. The van der Waals surface area contributed by atoms with Crippen LogP contribution < -0.4 is 0 Å². The molecule has 0 amide bonds. The average Bonchev–Trinajstić information content (AvgIpc) is 3.26. The van der Waals surface area contributed by atoms with E-state index in [2.05, 4.69) is 0 Å². The first-order chi connectivity index (χ1) is 20.7. The number of aliphatic hydroxyl groups is 1. The number of Topliss-reactive ketones (excluding diaryl/α,β-unsaturated/α-hetero) is 1. The topological polar surface area (TPSA) is 125 Å². The lowest BCUT2D eigenvalue weighted by Crippen LogP contribution is -2.60. The van der Waals surface area contributed by atoms with Gasteiger partial charge in [0, 0.05) is 5.56 Å². The van der Waals surface area contributed by atoms with Crippen LogP contribution in [-0.2, 0) is 18.9 Å². The first-order valence-electron chi connectivity index (χ1n) is 13.5. The number of ether oxygens (including phenoxy) is 4. The van der Waals surface area contributed by atoms with Crippen LogP contribution >= 0.6 is 0 Å². The quantitative estimate of drug-likeness (QED) is 0.171. The van der Waals surface area contributed by atoms with Gasteiger partial charge in [-0.3, -0.25) is 4.79 Å². The Morgan fingerprint density at radius 2 is 1.07 bits per heavy atom. The van der Waals surface area contributed by atoms with Crippen molar-refractivity contribution in [3.63, 3.8) is 0 Å². The molecule has 9 heteroatoms. The molecule has 0 aromatic heterocycles. The molecular weight excluding hydrogens is 552 g/mol. The van der Waals surface area contributed by atoms with E-state index < -0.39 is 53.9 Å². The van der Waals surface area contributed by atoms with Crippen molar-refractivity contribution in [3.8, 4) is 0 Å². The van der Waals surface area contributed by atoms with Crippen LogP contribution in [0.4, 0.5) is 0 Å². The lowest BCUT2D eigenvalue weighted by atomic mass is 9.82. The second-order valence-electron chi connectivity index (χ2n) is 10.1. The molecule has 0 radical (unpaired) electrons. The molecule has 0 aliphatic carbocycles. The molecule has 5 rings (SSSR count). The normalized spacial score (nSPS) is 22.7. The summed E-state index contributed by atoms with van der Waals surface area (Å²) in [5.41, 5.74) is -3.86. The van der Waals surface area contributed by atoms with Crippen molar-refractivity contribution in [2.45, 2.75) is 30.5 Å². The van der Waals surface area contributed by atoms with Gasteiger partial charge >= 0.3 is 17.9 Å². The van der Waals surface area contributed by atoms with E-state index in [1.807, 2.05) is 0 Å². The maximum Gasteiger partial charge on any atom is 0.338 e. The van der Waals surface area contributed by atoms with Crippen molar-refractivity contribution in [2.75, 3.05) is 6.61 Å². The van der Waals surface area contributed by atoms with E-state index in [9.17, 15) is 24.3 Å². The van der Waals surface area contributed by atoms with E-state index in [0.29, 0.717) is 0 Å². The Bertz CT molecular complexity index is 1590. The maximum atomic E-state index is 14.3. The van der Waals surface area contributed by atoms with E-state index in [-0.39, 0.29) is 22.3 Å². The van der Waals surface area contributed by atoms with Crippen molar-refractivity contribution in [1.82, 2.24) is 0 Å². The van der Waals surface area contributed by atoms with E-state index in [1.54, 1.807) is 72.8 Å². The van der Waals surface area contributed by atoms with Crippen LogP contribution in [0.2, 0.25) is 0 Å². The molecule has 1 fully saturated rings. The molecule has 1 heterocycles. The molecule has 0 bridgehead atoms. The number of benzene rings is 4. The first-order valence-corrected chi connectivity index (χ1v) is 13.5. The first kappa shape index (κ1) is 29.4. The SMILES string of the molecule is C[C@]1(OC(=O)c2ccccc2)[C@@H](O)O[C@@](COC(=O)c2ccccc2)(C(=O)c2ccccc2)[C@H]1OC(=O)c1ccccc1. The summed E-state index contributed by atoms with van der Waals surface area (Å²) in [6.07, 6.45) is -3.75. The minimum atomic E-state index is -2.32. The zero-order valence-electron chi connectivity index (χ0n) is 23.1. The smallest absolute Gasteiger partial charge is 0.338 e. The summed E-state index contributed by atoms with van der Waals surface area (Å²) in [6.45, 7) is 0.511. The van der Waals surface area contributed by atoms with Gasteiger partial charge in [-0.25, -0.2) is 14.4 Å². The number of esters is 3. The maximum absolute atomic E-state index is 14.3. The van der Waals surface area contributed by atoms with Crippen molar-refractivity contribution in [1.29, 1.82) is 0 Å². The van der Waals surface area contributed by atoms with E-state index in [4.69, 9.17) is 18.9 Å². The number of aliphatic hydroxyl groups excluding tert-OH is 1. The van der Waals surface area contributed by atoms with Crippen molar-refractivity contribution in [3.05, 3.63) is 144 Å². The molecule has 1 N–H and O–H groups in total. The zero-order valence-corrected chi connectivity index (χ0v) is 23.1. The molecule has 0 unspecified atom stereocenters. The number of hydrogen-bond acceptors (Lipinski definition) is 9. The molecule has 1 aliphatic rings. The van der Waals surface area contributed by atoms with Gasteiger partial charge in [0.15, 0.2) is 18.0 Å². The molecule has 43 heavy (non-hydrogen) atoms. The van der Waals surface area contributed by atoms with Crippen LogP contribution in [0.15, 0.2) is 121 Å². The van der Waals surface area contributed by atoms with Crippen LogP contribution in [0, 0.1) is 0 Å². The molecule has 4 atom stereocenters. The average molecular weight is 581 g/mol. The van der Waals surface area contributed by atoms with Gasteiger partial charge in [-0.15, -0.1) is 0 Å². The summed E-state index contributed by atoms with van der Waals surface area (Å²) in [7, 11) is 0. The van der Waals surface area contributed by atoms with Gasteiger partial charge in [-0.05, 0) is 43.3 Å². The number of carbonyl (C=O) groups excluding carboxylic acids is 4. The van der Waals surface area contributed by atoms with Gasteiger partial charge in [0.05, 0.1) is 16.7 Å². The van der Waals surface area contributed by atoms with E-state index in [1.165, 1.54) is 55.5 Å². The number of hydrogen-bond donors (Lipinski definition) is 1. The monoisotopic (exact) mass is 580 g/mol. The summed E-state index contributed by atoms with van der Waals surface area (Å²) < 4.78 is 23.2. The van der Waals surface area contributed by atoms with Gasteiger partial charge < -0.3 is 24.1 Å². The van der Waals surface area contributed by atoms with E-state index >= 15 is 0 Å². The van der Waals surface area contributed by atoms with Crippen LogP contribution in [0.3, 0.4) is 0 Å². The highest BCUT2D eigenvalue weighted by molar-refractivity contribution is 6.04. The summed E-state index contributed by atoms with van der Waals surface area (Å²) in [5.74, 6) is -3.30. The molecule has 4 aromatic rings. The lowest BCUT2D eigenvalue weighted by Gasteiger charge is -2.36. The minimum Gasteiger partial charge on any atom is -0.458 e. The van der Waals surface area contributed by atoms with Crippen LogP contribution in [-0.4, -0.2) is 59.0 Å². The third kappa shape index (κ3) is 5.94. The van der Waals surface area contributed by atoms with Gasteiger partial charge in [0.2, 0.25) is 11.4 Å². The van der Waals surface area contributed by atoms with Crippen LogP contribution in [0.5, 0.6) is 0 Å².